The van der Waals surface area contributed by atoms with E-state index in [1.54, 1.807) is 31.3 Å². The number of hydrogen-bond acceptors (Lipinski definition) is 8. The highest BCUT2D eigenvalue weighted by Crippen LogP contribution is 2.37. The third kappa shape index (κ3) is 5.42. The molecular formula is C31H36ClFN8O3. The fourth-order valence-electron chi connectivity index (χ4n) is 5.69. The summed E-state index contributed by atoms with van der Waals surface area (Å²) in [6.07, 6.45) is -1.01. The Bertz CT molecular complexity index is 1780. The molecule has 0 spiro atoms. The predicted octanol–water partition coefficient (Wildman–Crippen LogP) is 5.90. The quantitative estimate of drug-likeness (QED) is 0.270. The molecule has 0 radical (unpaired) electrons. The number of anilines is 2. The van der Waals surface area contributed by atoms with Gasteiger partial charge in [-0.1, -0.05) is 51.4 Å². The van der Waals surface area contributed by atoms with E-state index in [-0.39, 0.29) is 52.4 Å². The Labute approximate surface area is 259 Å². The van der Waals surface area contributed by atoms with E-state index in [1.165, 1.54) is 15.5 Å². The molecular weight excluding hydrogens is 587 g/mol. The minimum Gasteiger partial charge on any atom is -0.465 e. The van der Waals surface area contributed by atoms with Gasteiger partial charge in [0.1, 0.15) is 11.6 Å². The van der Waals surface area contributed by atoms with Crippen molar-refractivity contribution in [1.29, 1.82) is 0 Å². The lowest BCUT2D eigenvalue weighted by Crippen LogP contribution is -2.58. The van der Waals surface area contributed by atoms with Gasteiger partial charge in [0.05, 0.1) is 33.2 Å². The van der Waals surface area contributed by atoms with Crippen molar-refractivity contribution in [1.82, 2.24) is 29.4 Å². The molecule has 4 heterocycles. The number of halogens is 2. The molecule has 2 N–H and O–H groups in total. The Kier molecular flexibility index (Phi) is 8.48. The van der Waals surface area contributed by atoms with Gasteiger partial charge in [0.15, 0.2) is 5.65 Å². The van der Waals surface area contributed by atoms with Crippen LogP contribution in [0.2, 0.25) is 5.02 Å². The summed E-state index contributed by atoms with van der Waals surface area (Å²) in [4.78, 5) is 48.3. The molecule has 1 saturated heterocycles. The average molecular weight is 623 g/mol. The van der Waals surface area contributed by atoms with Gasteiger partial charge in [-0.25, -0.2) is 33.5 Å². The second-order valence-electron chi connectivity index (χ2n) is 11.7. The summed E-state index contributed by atoms with van der Waals surface area (Å²) in [5.74, 6) is 0.0181. The van der Waals surface area contributed by atoms with Crippen LogP contribution in [0.5, 0.6) is 0 Å². The Morgan fingerprint density at radius 1 is 1.02 bits per heavy atom. The molecule has 2 atom stereocenters. The number of nitrogens with zero attached hydrogens (tertiary/aromatic N) is 7. The molecule has 4 aromatic rings. The topological polar surface area (TPSA) is 129 Å². The molecule has 13 heteroatoms. The first-order valence-corrected chi connectivity index (χ1v) is 15.0. The third-order valence-electron chi connectivity index (χ3n) is 7.91. The SMILES string of the molecule is CNc1nc(C(C)C)c(-n2c(=O)nc(N3C[C@@H](C)N(C(=O)O)C[C@@H]3C)c3cc(Cl)c(-c4ccccc4F)nc32)c(C(C)C)n1. The fraction of sp³-hybridized carbons (Fsp3) is 0.419. The van der Waals surface area contributed by atoms with E-state index >= 15 is 4.39 Å². The number of amides is 1. The first-order chi connectivity index (χ1) is 20.8. The number of nitrogens with one attached hydrogen (secondary N) is 1. The largest absolute Gasteiger partial charge is 0.465 e. The van der Waals surface area contributed by atoms with Crippen molar-refractivity contribution in [3.63, 3.8) is 0 Å². The van der Waals surface area contributed by atoms with E-state index in [9.17, 15) is 14.7 Å². The first kappa shape index (κ1) is 31.1. The Morgan fingerprint density at radius 2 is 1.66 bits per heavy atom. The van der Waals surface area contributed by atoms with Gasteiger partial charge in [-0.05, 0) is 43.9 Å². The lowest BCUT2D eigenvalue weighted by atomic mass is 10.0. The van der Waals surface area contributed by atoms with Crippen molar-refractivity contribution in [2.75, 3.05) is 30.4 Å². The zero-order valence-electron chi connectivity index (χ0n) is 25.8. The molecule has 1 amide bonds. The maximum atomic E-state index is 15.1. The van der Waals surface area contributed by atoms with Crippen LogP contribution in [0.3, 0.4) is 0 Å². The van der Waals surface area contributed by atoms with Crippen LogP contribution in [-0.4, -0.2) is 72.8 Å². The predicted molar refractivity (Wildman–Crippen MR) is 170 cm³/mol. The van der Waals surface area contributed by atoms with E-state index in [1.807, 2.05) is 46.4 Å². The molecule has 11 nitrogen and oxygen atoms in total. The van der Waals surface area contributed by atoms with Crippen LogP contribution < -0.4 is 15.9 Å². The van der Waals surface area contributed by atoms with Gasteiger partial charge < -0.3 is 20.2 Å². The number of piperazine rings is 1. The highest BCUT2D eigenvalue weighted by atomic mass is 35.5. The van der Waals surface area contributed by atoms with Crippen molar-refractivity contribution in [2.45, 2.75) is 65.5 Å². The van der Waals surface area contributed by atoms with Gasteiger partial charge in [-0.2, -0.15) is 4.98 Å². The van der Waals surface area contributed by atoms with Crippen LogP contribution >= 0.6 is 11.6 Å². The average Bonchev–Trinajstić information content (AvgIpc) is 2.97. The molecule has 0 bridgehead atoms. The molecule has 5 rings (SSSR count). The van der Waals surface area contributed by atoms with Gasteiger partial charge in [0.2, 0.25) is 5.95 Å². The lowest BCUT2D eigenvalue weighted by molar-refractivity contribution is 0.114. The van der Waals surface area contributed by atoms with Gasteiger partial charge >= 0.3 is 11.8 Å². The normalized spacial score (nSPS) is 17.2. The van der Waals surface area contributed by atoms with Gasteiger partial charge in [-0.15, -0.1) is 0 Å². The number of pyridine rings is 1. The van der Waals surface area contributed by atoms with E-state index in [4.69, 9.17) is 26.6 Å². The molecule has 0 unspecified atom stereocenters. The van der Waals surface area contributed by atoms with Crippen molar-refractivity contribution < 1.29 is 14.3 Å². The minimum atomic E-state index is -1.01. The van der Waals surface area contributed by atoms with Crippen LogP contribution in [0.4, 0.5) is 21.0 Å². The highest BCUT2D eigenvalue weighted by Gasteiger charge is 2.35. The van der Waals surface area contributed by atoms with Crippen molar-refractivity contribution >= 4 is 40.5 Å². The van der Waals surface area contributed by atoms with Gasteiger partial charge in [0, 0.05) is 37.8 Å². The summed E-state index contributed by atoms with van der Waals surface area (Å²) in [6, 6.07) is 7.15. The van der Waals surface area contributed by atoms with Crippen LogP contribution in [-0.2, 0) is 0 Å². The molecule has 44 heavy (non-hydrogen) atoms. The Hall–Kier alpha value is -4.32. The molecule has 1 aliphatic heterocycles. The monoisotopic (exact) mass is 622 g/mol. The summed E-state index contributed by atoms with van der Waals surface area (Å²) in [6.45, 7) is 12.1. The molecule has 0 aliphatic carbocycles. The van der Waals surface area contributed by atoms with E-state index in [0.29, 0.717) is 40.8 Å². The molecule has 1 aromatic carbocycles. The second kappa shape index (κ2) is 12.0. The summed E-state index contributed by atoms with van der Waals surface area (Å²) in [7, 11) is 1.73. The number of benzene rings is 1. The van der Waals surface area contributed by atoms with E-state index in [2.05, 4.69) is 10.3 Å². The Morgan fingerprint density at radius 3 is 2.23 bits per heavy atom. The molecule has 1 aliphatic rings. The zero-order valence-corrected chi connectivity index (χ0v) is 26.5. The van der Waals surface area contributed by atoms with Crippen LogP contribution in [0.25, 0.3) is 28.0 Å². The number of aromatic nitrogens is 5. The van der Waals surface area contributed by atoms with E-state index in [0.717, 1.165) is 0 Å². The van der Waals surface area contributed by atoms with Gasteiger partial charge in [-0.3, -0.25) is 0 Å². The number of carboxylic acid groups (broad SMARTS) is 1. The Balaban J connectivity index is 1.90. The summed E-state index contributed by atoms with van der Waals surface area (Å²) in [5.41, 5.74) is 1.65. The minimum absolute atomic E-state index is 0.109. The molecule has 3 aromatic heterocycles. The highest BCUT2D eigenvalue weighted by molar-refractivity contribution is 6.33. The zero-order chi connectivity index (χ0) is 32.0. The summed E-state index contributed by atoms with van der Waals surface area (Å²) >= 11 is 6.81. The fourth-order valence-corrected chi connectivity index (χ4v) is 5.95. The van der Waals surface area contributed by atoms with Crippen molar-refractivity contribution in [3.05, 3.63) is 63.0 Å². The van der Waals surface area contributed by atoms with Crippen LogP contribution in [0, 0.1) is 5.82 Å². The number of rotatable bonds is 6. The standard InChI is InChI=1S/C31H36ClFN8O3/c1-15(2)23-26(24(16(3)4)37-29(34-7)36-23)41-28-20(12-21(32)25(35-28)19-10-8-9-11-22(19)33)27(38-30(41)42)39-13-18(6)40(31(43)44)14-17(39)5/h8-12,15-18H,13-14H2,1-7H3,(H,43,44)(H,34,36,37)/t17-,18+/m0/s1. The van der Waals surface area contributed by atoms with E-state index < -0.39 is 17.6 Å². The molecule has 1 fully saturated rings. The molecule has 232 valence electrons. The van der Waals surface area contributed by atoms with Gasteiger partial charge in [0.25, 0.3) is 0 Å². The van der Waals surface area contributed by atoms with Crippen LogP contribution in [0.15, 0.2) is 35.1 Å². The van der Waals surface area contributed by atoms with Crippen LogP contribution in [0.1, 0.15) is 64.8 Å². The van der Waals surface area contributed by atoms with Crippen molar-refractivity contribution in [3.8, 4) is 16.9 Å². The second-order valence-corrected chi connectivity index (χ2v) is 12.1. The maximum Gasteiger partial charge on any atom is 0.407 e. The maximum absolute atomic E-state index is 15.1. The smallest absolute Gasteiger partial charge is 0.407 e. The van der Waals surface area contributed by atoms with Crippen molar-refractivity contribution in [2.24, 2.45) is 0 Å². The molecule has 0 saturated carbocycles. The summed E-state index contributed by atoms with van der Waals surface area (Å²) in [5, 5.41) is 13.3. The lowest BCUT2D eigenvalue weighted by Gasteiger charge is -2.43. The third-order valence-corrected chi connectivity index (χ3v) is 8.20. The number of hydrogen-bond donors (Lipinski definition) is 2. The first-order valence-electron chi connectivity index (χ1n) is 14.6. The summed E-state index contributed by atoms with van der Waals surface area (Å²) < 4.78 is 16.5. The number of carbonyl (C=O) groups is 1. The number of fused-ring (bicyclic) bond motifs is 1.